The van der Waals surface area contributed by atoms with Crippen LogP contribution in [0.5, 0.6) is 0 Å². The van der Waals surface area contributed by atoms with Crippen LogP contribution in [-0.2, 0) is 26.2 Å². The standard InChI is InChI=1S/C28H30Cl3N3O4S/c1-4-14-32-28(36)20(3)33(17-21-6-5-7-22(29)15-21)27(35)18-34(23-10-13-25(30)26(31)16-23)39(37,38)24-11-8-19(2)9-12-24/h5-13,15-16,20H,4,14,17-18H2,1-3H3,(H,32,36). The minimum atomic E-state index is -4.21. The van der Waals surface area contributed by atoms with Gasteiger partial charge in [0.1, 0.15) is 12.6 Å². The number of halogens is 3. The SMILES string of the molecule is CCCNC(=O)C(C)N(Cc1cccc(Cl)c1)C(=O)CN(c1ccc(Cl)c(Cl)c1)S(=O)(=O)c1ccc(C)cc1. The molecule has 1 N–H and O–H groups in total. The van der Waals surface area contributed by atoms with E-state index < -0.39 is 28.5 Å². The summed E-state index contributed by atoms with van der Waals surface area (Å²) >= 11 is 18.5. The van der Waals surface area contributed by atoms with Crippen LogP contribution in [0, 0.1) is 6.92 Å². The van der Waals surface area contributed by atoms with Gasteiger partial charge in [-0.15, -0.1) is 0 Å². The third-order valence-corrected chi connectivity index (χ3v) is 8.80. The molecule has 0 bridgehead atoms. The average molecular weight is 611 g/mol. The van der Waals surface area contributed by atoms with Crippen LogP contribution in [-0.4, -0.2) is 44.3 Å². The fourth-order valence-electron chi connectivity index (χ4n) is 3.82. The van der Waals surface area contributed by atoms with Gasteiger partial charge in [0.2, 0.25) is 11.8 Å². The van der Waals surface area contributed by atoms with E-state index in [2.05, 4.69) is 5.32 Å². The molecule has 1 unspecified atom stereocenters. The first-order valence-electron chi connectivity index (χ1n) is 12.3. The van der Waals surface area contributed by atoms with Crippen molar-refractivity contribution >= 4 is 62.3 Å². The molecule has 208 valence electrons. The second-order valence-electron chi connectivity index (χ2n) is 9.04. The summed E-state index contributed by atoms with van der Waals surface area (Å²) in [5, 5.41) is 3.65. The Hall–Kier alpha value is -2.78. The highest BCUT2D eigenvalue weighted by molar-refractivity contribution is 7.92. The molecule has 0 aromatic heterocycles. The molecule has 0 aliphatic carbocycles. The Kier molecular flexibility index (Phi) is 10.7. The van der Waals surface area contributed by atoms with Crippen molar-refractivity contribution in [3.05, 3.63) is 92.9 Å². The third-order valence-electron chi connectivity index (χ3n) is 6.04. The number of rotatable bonds is 11. The number of hydrogen-bond acceptors (Lipinski definition) is 4. The fourth-order valence-corrected chi connectivity index (χ4v) is 5.73. The van der Waals surface area contributed by atoms with Gasteiger partial charge in [0.25, 0.3) is 10.0 Å². The molecule has 3 aromatic carbocycles. The maximum absolute atomic E-state index is 13.9. The van der Waals surface area contributed by atoms with E-state index in [1.807, 2.05) is 13.8 Å². The van der Waals surface area contributed by atoms with Crippen LogP contribution in [0.2, 0.25) is 15.1 Å². The zero-order valence-corrected chi connectivity index (χ0v) is 24.9. The summed E-state index contributed by atoms with van der Waals surface area (Å²) < 4.78 is 28.6. The lowest BCUT2D eigenvalue weighted by molar-refractivity contribution is -0.139. The lowest BCUT2D eigenvalue weighted by atomic mass is 10.1. The van der Waals surface area contributed by atoms with Gasteiger partial charge in [-0.3, -0.25) is 13.9 Å². The number of sulfonamides is 1. The lowest BCUT2D eigenvalue weighted by Crippen LogP contribution is -2.51. The molecular formula is C28H30Cl3N3O4S. The van der Waals surface area contributed by atoms with E-state index in [1.165, 1.54) is 35.2 Å². The lowest BCUT2D eigenvalue weighted by Gasteiger charge is -2.32. The Labute approximate surface area is 244 Å². The molecule has 0 aliphatic heterocycles. The molecule has 39 heavy (non-hydrogen) atoms. The van der Waals surface area contributed by atoms with Gasteiger partial charge in [-0.2, -0.15) is 0 Å². The minimum absolute atomic E-state index is 0.00195. The molecule has 0 aliphatic rings. The van der Waals surface area contributed by atoms with Crippen LogP contribution in [0.4, 0.5) is 5.69 Å². The Balaban J connectivity index is 2.04. The highest BCUT2D eigenvalue weighted by Gasteiger charge is 2.32. The Morgan fingerprint density at radius 3 is 2.26 bits per heavy atom. The fraction of sp³-hybridized carbons (Fsp3) is 0.286. The van der Waals surface area contributed by atoms with Crippen LogP contribution in [0.3, 0.4) is 0 Å². The Bertz CT molecular complexity index is 1430. The molecule has 0 saturated heterocycles. The Morgan fingerprint density at radius 2 is 1.64 bits per heavy atom. The number of anilines is 1. The summed E-state index contributed by atoms with van der Waals surface area (Å²) in [4.78, 5) is 28.1. The van der Waals surface area contributed by atoms with Crippen molar-refractivity contribution in [1.29, 1.82) is 0 Å². The van der Waals surface area contributed by atoms with Crippen LogP contribution in [0.1, 0.15) is 31.4 Å². The normalized spacial score (nSPS) is 12.1. The quantitative estimate of drug-likeness (QED) is 0.285. The molecule has 3 aromatic rings. The minimum Gasteiger partial charge on any atom is -0.354 e. The van der Waals surface area contributed by atoms with Gasteiger partial charge in [0.05, 0.1) is 20.6 Å². The van der Waals surface area contributed by atoms with Gasteiger partial charge in [-0.25, -0.2) is 8.42 Å². The molecule has 3 rings (SSSR count). The van der Waals surface area contributed by atoms with Gasteiger partial charge < -0.3 is 10.2 Å². The van der Waals surface area contributed by atoms with E-state index >= 15 is 0 Å². The monoisotopic (exact) mass is 609 g/mol. The first-order valence-corrected chi connectivity index (χ1v) is 14.9. The second-order valence-corrected chi connectivity index (χ2v) is 12.2. The van der Waals surface area contributed by atoms with Crippen LogP contribution < -0.4 is 9.62 Å². The highest BCUT2D eigenvalue weighted by Crippen LogP contribution is 2.31. The van der Waals surface area contributed by atoms with Crippen molar-refractivity contribution in [1.82, 2.24) is 10.2 Å². The number of aryl methyl sites for hydroxylation is 1. The molecule has 7 nitrogen and oxygen atoms in total. The number of nitrogens with zero attached hydrogens (tertiary/aromatic N) is 2. The summed E-state index contributed by atoms with van der Waals surface area (Å²) in [7, 11) is -4.21. The van der Waals surface area contributed by atoms with Gasteiger partial charge >= 0.3 is 0 Å². The van der Waals surface area contributed by atoms with Gasteiger partial charge in [-0.05, 0) is 68.3 Å². The van der Waals surface area contributed by atoms with Gasteiger partial charge in [0.15, 0.2) is 0 Å². The van der Waals surface area contributed by atoms with Crippen LogP contribution in [0.15, 0.2) is 71.6 Å². The van der Waals surface area contributed by atoms with Crippen molar-refractivity contribution in [3.63, 3.8) is 0 Å². The summed E-state index contributed by atoms with van der Waals surface area (Å²) in [6.45, 7) is 5.27. The van der Waals surface area contributed by atoms with E-state index in [0.29, 0.717) is 17.1 Å². The van der Waals surface area contributed by atoms with Crippen molar-refractivity contribution in [2.24, 2.45) is 0 Å². The van der Waals surface area contributed by atoms with E-state index in [-0.39, 0.29) is 33.1 Å². The maximum atomic E-state index is 13.9. The molecule has 0 heterocycles. The summed E-state index contributed by atoms with van der Waals surface area (Å²) in [5.41, 5.74) is 1.73. The largest absolute Gasteiger partial charge is 0.354 e. The first kappa shape index (κ1) is 30.8. The van der Waals surface area contributed by atoms with E-state index in [0.717, 1.165) is 16.3 Å². The number of nitrogens with one attached hydrogen (secondary N) is 1. The predicted octanol–water partition coefficient (Wildman–Crippen LogP) is 6.09. The molecule has 1 atom stereocenters. The Morgan fingerprint density at radius 1 is 0.949 bits per heavy atom. The number of benzene rings is 3. The van der Waals surface area contributed by atoms with Crippen molar-refractivity contribution in [3.8, 4) is 0 Å². The summed E-state index contributed by atoms with van der Waals surface area (Å²) in [6.07, 6.45) is 0.723. The van der Waals surface area contributed by atoms with E-state index in [1.54, 1.807) is 43.3 Å². The zero-order chi connectivity index (χ0) is 28.7. The summed E-state index contributed by atoms with van der Waals surface area (Å²) in [5.74, 6) is -0.939. The van der Waals surface area contributed by atoms with E-state index in [4.69, 9.17) is 34.8 Å². The molecule has 0 saturated carbocycles. The third kappa shape index (κ3) is 7.88. The molecule has 0 radical (unpaired) electrons. The number of carbonyl (C=O) groups is 2. The van der Waals surface area contributed by atoms with Crippen molar-refractivity contribution in [2.75, 3.05) is 17.4 Å². The molecule has 2 amide bonds. The number of carbonyl (C=O) groups excluding carboxylic acids is 2. The van der Waals surface area contributed by atoms with Gasteiger partial charge in [0, 0.05) is 18.1 Å². The van der Waals surface area contributed by atoms with Crippen molar-refractivity contribution in [2.45, 2.75) is 44.7 Å². The molecular weight excluding hydrogens is 581 g/mol. The van der Waals surface area contributed by atoms with Crippen LogP contribution >= 0.6 is 34.8 Å². The summed E-state index contributed by atoms with van der Waals surface area (Å²) in [6, 6.07) is 16.7. The number of amides is 2. The molecule has 0 spiro atoms. The molecule has 11 heteroatoms. The topological polar surface area (TPSA) is 86.8 Å². The average Bonchev–Trinajstić information content (AvgIpc) is 2.90. The van der Waals surface area contributed by atoms with E-state index in [9.17, 15) is 18.0 Å². The smallest absolute Gasteiger partial charge is 0.264 e. The highest BCUT2D eigenvalue weighted by atomic mass is 35.5. The maximum Gasteiger partial charge on any atom is 0.264 e. The first-order chi connectivity index (χ1) is 18.4. The second kappa shape index (κ2) is 13.5. The van der Waals surface area contributed by atoms with Crippen LogP contribution in [0.25, 0.3) is 0 Å². The van der Waals surface area contributed by atoms with Crippen molar-refractivity contribution < 1.29 is 18.0 Å². The number of hydrogen-bond donors (Lipinski definition) is 1. The predicted molar refractivity (Wildman–Crippen MR) is 157 cm³/mol. The molecule has 0 fully saturated rings. The van der Waals surface area contributed by atoms with Gasteiger partial charge in [-0.1, -0.05) is 71.6 Å². The zero-order valence-electron chi connectivity index (χ0n) is 21.8.